The third kappa shape index (κ3) is 2.95. The summed E-state index contributed by atoms with van der Waals surface area (Å²) < 4.78 is 6.67. The highest BCUT2D eigenvalue weighted by Crippen LogP contribution is 2.38. The second kappa shape index (κ2) is 6.64. The molecule has 0 bridgehead atoms. The number of hydrogen-bond donors (Lipinski definition) is 1. The van der Waals surface area contributed by atoms with E-state index in [1.807, 2.05) is 6.92 Å². The van der Waals surface area contributed by atoms with Crippen LogP contribution in [-0.4, -0.2) is 38.5 Å². The molecule has 0 unspecified atom stereocenters. The van der Waals surface area contributed by atoms with Crippen LogP contribution in [0.25, 0.3) is 5.95 Å². The lowest BCUT2D eigenvalue weighted by Gasteiger charge is -2.23. The molecule has 0 aliphatic carbocycles. The van der Waals surface area contributed by atoms with Gasteiger partial charge < -0.3 is 10.1 Å². The topological polar surface area (TPSA) is 99.0 Å². The third-order valence-corrected chi connectivity index (χ3v) is 4.51. The van der Waals surface area contributed by atoms with Gasteiger partial charge in [0.2, 0.25) is 5.91 Å². The average molecular weight is 363 g/mol. The van der Waals surface area contributed by atoms with Crippen molar-refractivity contribution in [1.82, 2.24) is 19.7 Å². The first kappa shape index (κ1) is 16.9. The number of anilines is 1. The fraction of sp³-hybridized carbons (Fsp3) is 0.211. The van der Waals surface area contributed by atoms with Crippen LogP contribution < -0.4 is 10.1 Å². The van der Waals surface area contributed by atoms with Gasteiger partial charge in [-0.1, -0.05) is 12.1 Å². The number of rotatable bonds is 4. The summed E-state index contributed by atoms with van der Waals surface area (Å²) in [7, 11) is 1.55. The van der Waals surface area contributed by atoms with E-state index >= 15 is 0 Å². The zero-order valence-corrected chi connectivity index (χ0v) is 14.8. The highest BCUT2D eigenvalue weighted by atomic mass is 16.5. The molecule has 4 rings (SSSR count). The van der Waals surface area contributed by atoms with E-state index in [4.69, 9.17) is 4.74 Å². The number of ketones is 1. The van der Waals surface area contributed by atoms with Gasteiger partial charge in [0.05, 0.1) is 18.7 Å². The Labute approximate surface area is 155 Å². The first-order chi connectivity index (χ1) is 13.1. The summed E-state index contributed by atoms with van der Waals surface area (Å²) in [5, 5.41) is 7.27. The molecule has 8 nitrogen and oxygen atoms in total. The van der Waals surface area contributed by atoms with Gasteiger partial charge in [-0.05, 0) is 25.1 Å². The van der Waals surface area contributed by atoms with Crippen molar-refractivity contribution in [3.8, 4) is 11.7 Å². The molecule has 8 heteroatoms. The maximum atomic E-state index is 13.2. The van der Waals surface area contributed by atoms with Crippen molar-refractivity contribution in [2.75, 3.05) is 12.4 Å². The summed E-state index contributed by atoms with van der Waals surface area (Å²) in [5.74, 6) is 0.333. The Kier molecular flexibility index (Phi) is 4.15. The minimum Gasteiger partial charge on any atom is -0.497 e. The van der Waals surface area contributed by atoms with Crippen LogP contribution in [0.3, 0.4) is 0 Å². The summed E-state index contributed by atoms with van der Waals surface area (Å²) in [5.41, 5.74) is 1.83. The summed E-state index contributed by atoms with van der Waals surface area (Å²) >= 11 is 0. The molecule has 1 aromatic carbocycles. The predicted molar refractivity (Wildman–Crippen MR) is 97.2 cm³/mol. The Hall–Kier alpha value is -3.55. The van der Waals surface area contributed by atoms with E-state index in [1.54, 1.807) is 49.8 Å². The lowest BCUT2D eigenvalue weighted by molar-refractivity contribution is -0.116. The first-order valence-corrected chi connectivity index (χ1v) is 8.43. The lowest BCUT2D eigenvalue weighted by atomic mass is 9.85. The number of methoxy groups -OCH3 is 1. The van der Waals surface area contributed by atoms with Crippen molar-refractivity contribution in [3.63, 3.8) is 0 Å². The molecule has 0 radical (unpaired) electrons. The molecule has 0 fully saturated rings. The van der Waals surface area contributed by atoms with Crippen molar-refractivity contribution >= 4 is 17.5 Å². The predicted octanol–water partition coefficient (Wildman–Crippen LogP) is 2.29. The number of amides is 1. The molecule has 3 heterocycles. The van der Waals surface area contributed by atoms with Gasteiger partial charge in [-0.15, -0.1) is 0 Å². The molecule has 0 saturated carbocycles. The number of carbonyl (C=O) groups excluding carboxylic acids is 2. The first-order valence-electron chi connectivity index (χ1n) is 8.43. The van der Waals surface area contributed by atoms with E-state index in [-0.39, 0.29) is 18.1 Å². The molecule has 1 amide bonds. The van der Waals surface area contributed by atoms with E-state index in [2.05, 4.69) is 20.4 Å². The fourth-order valence-corrected chi connectivity index (χ4v) is 3.29. The number of nitrogens with one attached hydrogen (secondary N) is 1. The minimum absolute atomic E-state index is 0.0607. The second-order valence-electron chi connectivity index (χ2n) is 6.21. The van der Waals surface area contributed by atoms with Crippen molar-refractivity contribution in [2.24, 2.45) is 0 Å². The maximum absolute atomic E-state index is 13.2. The standard InChI is InChI=1S/C19H17N5O3/c1-11-16-14(17(26)12-5-3-6-13(9-12)27-2)10-15(25)22-18(16)24(23-11)19-20-7-4-8-21-19/h3-9,14H,10H2,1-2H3,(H,22,25)/t14-/m1/s1. The van der Waals surface area contributed by atoms with Crippen LogP contribution in [0.5, 0.6) is 5.75 Å². The van der Waals surface area contributed by atoms with Gasteiger partial charge in [0, 0.05) is 29.9 Å². The molecule has 1 N–H and O–H groups in total. The summed E-state index contributed by atoms with van der Waals surface area (Å²) in [6.45, 7) is 1.81. The summed E-state index contributed by atoms with van der Waals surface area (Å²) in [6.07, 6.45) is 3.25. The molecule has 0 saturated heterocycles. The number of ether oxygens (including phenoxy) is 1. The zero-order chi connectivity index (χ0) is 19.0. The monoisotopic (exact) mass is 363 g/mol. The maximum Gasteiger partial charge on any atom is 0.252 e. The van der Waals surface area contributed by atoms with E-state index in [0.717, 1.165) is 0 Å². The van der Waals surface area contributed by atoms with Crippen molar-refractivity contribution in [1.29, 1.82) is 0 Å². The number of benzene rings is 1. The normalized spacial score (nSPS) is 15.8. The average Bonchev–Trinajstić information content (AvgIpc) is 3.04. The Morgan fingerprint density at radius 2 is 2.04 bits per heavy atom. The Morgan fingerprint density at radius 3 is 2.78 bits per heavy atom. The van der Waals surface area contributed by atoms with Crippen LogP contribution in [-0.2, 0) is 4.79 Å². The largest absolute Gasteiger partial charge is 0.497 e. The molecule has 3 aromatic rings. The second-order valence-corrected chi connectivity index (χ2v) is 6.21. The Bertz CT molecular complexity index is 1030. The quantitative estimate of drug-likeness (QED) is 0.714. The molecule has 0 spiro atoms. The number of carbonyl (C=O) groups is 2. The number of hydrogen-bond acceptors (Lipinski definition) is 6. The molecule has 1 aliphatic rings. The molecule has 1 aliphatic heterocycles. The van der Waals surface area contributed by atoms with Gasteiger partial charge in [-0.25, -0.2) is 9.97 Å². The number of aromatic nitrogens is 4. The van der Waals surface area contributed by atoms with Crippen LogP contribution in [0.2, 0.25) is 0 Å². The number of aryl methyl sites for hydroxylation is 1. The number of fused-ring (bicyclic) bond motifs is 1. The van der Waals surface area contributed by atoms with E-state index in [0.29, 0.717) is 34.3 Å². The van der Waals surface area contributed by atoms with Crippen LogP contribution >= 0.6 is 0 Å². The van der Waals surface area contributed by atoms with Gasteiger partial charge in [0.15, 0.2) is 5.78 Å². The molecule has 2 aromatic heterocycles. The molecule has 1 atom stereocenters. The van der Waals surface area contributed by atoms with Gasteiger partial charge in [0.25, 0.3) is 5.95 Å². The van der Waals surface area contributed by atoms with E-state index in [9.17, 15) is 9.59 Å². The van der Waals surface area contributed by atoms with Crippen molar-refractivity contribution < 1.29 is 14.3 Å². The summed E-state index contributed by atoms with van der Waals surface area (Å²) in [4.78, 5) is 33.9. The SMILES string of the molecule is COc1cccc(C(=O)[C@@H]2CC(=O)Nc3c2c(C)nn3-c2ncccn2)c1. The Balaban J connectivity index is 1.80. The Morgan fingerprint density at radius 1 is 1.26 bits per heavy atom. The van der Waals surface area contributed by atoms with E-state index < -0.39 is 5.92 Å². The van der Waals surface area contributed by atoms with Crippen LogP contribution in [0.15, 0.2) is 42.7 Å². The smallest absolute Gasteiger partial charge is 0.252 e. The fourth-order valence-electron chi connectivity index (χ4n) is 3.29. The number of nitrogens with zero attached hydrogens (tertiary/aromatic N) is 4. The van der Waals surface area contributed by atoms with Gasteiger partial charge in [-0.2, -0.15) is 9.78 Å². The van der Waals surface area contributed by atoms with Crippen LogP contribution in [0.1, 0.15) is 34.0 Å². The highest BCUT2D eigenvalue weighted by Gasteiger charge is 2.36. The lowest BCUT2D eigenvalue weighted by Crippen LogP contribution is -2.28. The molecule has 136 valence electrons. The van der Waals surface area contributed by atoms with E-state index in [1.165, 1.54) is 4.68 Å². The minimum atomic E-state index is -0.627. The van der Waals surface area contributed by atoms with Gasteiger partial charge in [0.1, 0.15) is 11.6 Å². The highest BCUT2D eigenvalue weighted by molar-refractivity contribution is 6.08. The van der Waals surface area contributed by atoms with Crippen LogP contribution in [0, 0.1) is 6.92 Å². The number of Topliss-reactive ketones (excluding diaryl/α,β-unsaturated/α-hetero) is 1. The third-order valence-electron chi connectivity index (χ3n) is 4.51. The summed E-state index contributed by atoms with van der Waals surface area (Å²) in [6, 6.07) is 8.61. The van der Waals surface area contributed by atoms with Crippen molar-refractivity contribution in [3.05, 3.63) is 59.5 Å². The van der Waals surface area contributed by atoms with Gasteiger partial charge >= 0.3 is 0 Å². The molecule has 27 heavy (non-hydrogen) atoms. The zero-order valence-electron chi connectivity index (χ0n) is 14.8. The van der Waals surface area contributed by atoms with Crippen LogP contribution in [0.4, 0.5) is 5.82 Å². The van der Waals surface area contributed by atoms with Gasteiger partial charge in [-0.3, -0.25) is 9.59 Å². The molecular weight excluding hydrogens is 346 g/mol. The molecular formula is C19H17N5O3. The van der Waals surface area contributed by atoms with Crippen molar-refractivity contribution in [2.45, 2.75) is 19.3 Å².